The first-order valence-electron chi connectivity index (χ1n) is 6.14. The number of rotatable bonds is 5. The van der Waals surface area contributed by atoms with Crippen LogP contribution in [-0.2, 0) is 4.79 Å². The largest absolute Gasteiger partial charge is 0.484 e. The van der Waals surface area contributed by atoms with Crippen LogP contribution >= 0.6 is 0 Å². The lowest BCUT2D eigenvalue weighted by molar-refractivity contribution is -0.118. The summed E-state index contributed by atoms with van der Waals surface area (Å²) >= 11 is 0. The highest BCUT2D eigenvalue weighted by Crippen LogP contribution is 2.15. The van der Waals surface area contributed by atoms with Crippen LogP contribution in [0.4, 0.5) is 15.8 Å². The number of anilines is 2. The minimum Gasteiger partial charge on any atom is -0.484 e. The Morgan fingerprint density at radius 2 is 1.85 bits per heavy atom. The van der Waals surface area contributed by atoms with Crippen LogP contribution < -0.4 is 15.4 Å². The molecule has 104 valence electrons. The monoisotopic (exact) mass is 274 g/mol. The van der Waals surface area contributed by atoms with Crippen molar-refractivity contribution in [2.75, 3.05) is 24.3 Å². The predicted molar refractivity (Wildman–Crippen MR) is 76.5 cm³/mol. The van der Waals surface area contributed by atoms with Gasteiger partial charge < -0.3 is 15.4 Å². The fourth-order valence-corrected chi connectivity index (χ4v) is 1.62. The fraction of sp³-hybridized carbons (Fsp3) is 0.133. The van der Waals surface area contributed by atoms with Crippen molar-refractivity contribution in [3.05, 3.63) is 54.3 Å². The Kier molecular flexibility index (Phi) is 4.55. The highest BCUT2D eigenvalue weighted by molar-refractivity contribution is 5.91. The number of ether oxygens (including phenoxy) is 1. The topological polar surface area (TPSA) is 50.4 Å². The van der Waals surface area contributed by atoms with Crippen LogP contribution in [0.25, 0.3) is 0 Å². The second-order valence-corrected chi connectivity index (χ2v) is 4.09. The summed E-state index contributed by atoms with van der Waals surface area (Å²) in [6.45, 7) is -0.173. The van der Waals surface area contributed by atoms with Gasteiger partial charge in [-0.1, -0.05) is 12.1 Å². The van der Waals surface area contributed by atoms with E-state index in [9.17, 15) is 9.18 Å². The van der Waals surface area contributed by atoms with E-state index >= 15 is 0 Å². The molecule has 0 aliphatic heterocycles. The van der Waals surface area contributed by atoms with Gasteiger partial charge in [0.2, 0.25) is 0 Å². The molecule has 0 saturated carbocycles. The first-order chi connectivity index (χ1) is 9.69. The van der Waals surface area contributed by atoms with Gasteiger partial charge in [-0.2, -0.15) is 0 Å². The SMILES string of the molecule is CNc1ccc(OCC(=O)Nc2ccccc2F)cc1. The fourth-order valence-electron chi connectivity index (χ4n) is 1.62. The van der Waals surface area contributed by atoms with Crippen molar-refractivity contribution in [3.63, 3.8) is 0 Å². The minimum atomic E-state index is -0.473. The van der Waals surface area contributed by atoms with Gasteiger partial charge in [0.25, 0.3) is 5.91 Å². The van der Waals surface area contributed by atoms with E-state index in [0.717, 1.165) is 5.69 Å². The summed E-state index contributed by atoms with van der Waals surface area (Å²) in [7, 11) is 1.82. The molecule has 0 radical (unpaired) electrons. The van der Waals surface area contributed by atoms with E-state index in [4.69, 9.17) is 4.74 Å². The molecule has 0 aliphatic carbocycles. The van der Waals surface area contributed by atoms with E-state index in [1.165, 1.54) is 12.1 Å². The molecule has 2 N–H and O–H groups in total. The van der Waals surface area contributed by atoms with Gasteiger partial charge >= 0.3 is 0 Å². The molecular formula is C15H15FN2O2. The molecule has 2 aromatic rings. The number of carbonyl (C=O) groups is 1. The molecule has 0 atom stereocenters. The number of hydrogen-bond donors (Lipinski definition) is 2. The molecule has 5 heteroatoms. The smallest absolute Gasteiger partial charge is 0.262 e. The Bertz CT molecular complexity index is 585. The van der Waals surface area contributed by atoms with Gasteiger partial charge in [0, 0.05) is 12.7 Å². The molecule has 2 rings (SSSR count). The van der Waals surface area contributed by atoms with Crippen molar-refractivity contribution >= 4 is 17.3 Å². The zero-order valence-corrected chi connectivity index (χ0v) is 11.0. The minimum absolute atomic E-state index is 0.145. The second-order valence-electron chi connectivity index (χ2n) is 4.09. The van der Waals surface area contributed by atoms with Gasteiger partial charge in [0.15, 0.2) is 6.61 Å². The molecular weight excluding hydrogens is 259 g/mol. The molecule has 0 heterocycles. The van der Waals surface area contributed by atoms with Crippen LogP contribution in [0.5, 0.6) is 5.75 Å². The summed E-state index contributed by atoms with van der Waals surface area (Å²) in [4.78, 5) is 11.6. The third-order valence-corrected chi connectivity index (χ3v) is 2.66. The number of amides is 1. The van der Waals surface area contributed by atoms with Crippen LogP contribution in [0.15, 0.2) is 48.5 Å². The van der Waals surface area contributed by atoms with Crippen molar-refractivity contribution in [1.82, 2.24) is 0 Å². The molecule has 0 fully saturated rings. The molecule has 1 amide bonds. The van der Waals surface area contributed by atoms with Crippen LogP contribution in [0.1, 0.15) is 0 Å². The first-order valence-corrected chi connectivity index (χ1v) is 6.14. The summed E-state index contributed by atoms with van der Waals surface area (Å²) in [6.07, 6.45) is 0. The van der Waals surface area contributed by atoms with Crippen molar-refractivity contribution in [2.24, 2.45) is 0 Å². The number of halogens is 1. The maximum atomic E-state index is 13.3. The molecule has 0 unspecified atom stereocenters. The van der Waals surface area contributed by atoms with Gasteiger partial charge in [0.05, 0.1) is 5.69 Å². The van der Waals surface area contributed by atoms with E-state index in [-0.39, 0.29) is 12.3 Å². The van der Waals surface area contributed by atoms with Crippen LogP contribution in [-0.4, -0.2) is 19.6 Å². The Morgan fingerprint density at radius 1 is 1.15 bits per heavy atom. The average molecular weight is 274 g/mol. The maximum absolute atomic E-state index is 13.3. The predicted octanol–water partition coefficient (Wildman–Crippen LogP) is 2.88. The molecule has 0 aliphatic rings. The van der Waals surface area contributed by atoms with Gasteiger partial charge in [-0.3, -0.25) is 4.79 Å². The third kappa shape index (κ3) is 3.71. The average Bonchev–Trinajstić information content (AvgIpc) is 2.48. The van der Waals surface area contributed by atoms with Gasteiger partial charge in [-0.25, -0.2) is 4.39 Å². The van der Waals surface area contributed by atoms with Crippen LogP contribution in [0, 0.1) is 5.82 Å². The zero-order valence-electron chi connectivity index (χ0n) is 11.0. The van der Waals surface area contributed by atoms with Crippen molar-refractivity contribution in [2.45, 2.75) is 0 Å². The van der Waals surface area contributed by atoms with Gasteiger partial charge in [-0.05, 0) is 36.4 Å². The normalized spacial score (nSPS) is 9.90. The van der Waals surface area contributed by atoms with Crippen LogP contribution in [0.2, 0.25) is 0 Å². The second kappa shape index (κ2) is 6.56. The summed E-state index contributed by atoms with van der Waals surface area (Å²) in [6, 6.07) is 13.2. The number of para-hydroxylation sites is 1. The Balaban J connectivity index is 1.87. The van der Waals surface area contributed by atoms with Gasteiger partial charge in [0.1, 0.15) is 11.6 Å². The highest BCUT2D eigenvalue weighted by Gasteiger charge is 2.06. The van der Waals surface area contributed by atoms with Crippen LogP contribution in [0.3, 0.4) is 0 Å². The zero-order chi connectivity index (χ0) is 14.4. The van der Waals surface area contributed by atoms with Crippen molar-refractivity contribution in [1.29, 1.82) is 0 Å². The van der Waals surface area contributed by atoms with E-state index in [2.05, 4.69) is 10.6 Å². The molecule has 0 aromatic heterocycles. The summed E-state index contributed by atoms with van der Waals surface area (Å²) in [5.74, 6) is -0.306. The van der Waals surface area contributed by atoms with E-state index in [1.807, 2.05) is 19.2 Å². The molecule has 0 bridgehead atoms. The Hall–Kier alpha value is -2.56. The summed E-state index contributed by atoms with van der Waals surface area (Å²) < 4.78 is 18.7. The van der Waals surface area contributed by atoms with E-state index in [1.54, 1.807) is 24.3 Å². The molecule has 20 heavy (non-hydrogen) atoms. The lowest BCUT2D eigenvalue weighted by atomic mass is 10.3. The number of benzene rings is 2. The van der Waals surface area contributed by atoms with Gasteiger partial charge in [-0.15, -0.1) is 0 Å². The quantitative estimate of drug-likeness (QED) is 0.881. The third-order valence-electron chi connectivity index (χ3n) is 2.66. The van der Waals surface area contributed by atoms with Crippen molar-refractivity contribution in [3.8, 4) is 5.75 Å². The summed E-state index contributed by atoms with van der Waals surface area (Å²) in [5.41, 5.74) is 1.10. The maximum Gasteiger partial charge on any atom is 0.262 e. The lowest BCUT2D eigenvalue weighted by Crippen LogP contribution is -2.20. The Labute approximate surface area is 116 Å². The van der Waals surface area contributed by atoms with E-state index < -0.39 is 11.7 Å². The van der Waals surface area contributed by atoms with E-state index in [0.29, 0.717) is 5.75 Å². The molecule has 0 saturated heterocycles. The standard InChI is InChI=1S/C15H15FN2O2/c1-17-11-6-8-12(9-7-11)20-10-15(19)18-14-5-3-2-4-13(14)16/h2-9,17H,10H2,1H3,(H,18,19). The number of hydrogen-bond acceptors (Lipinski definition) is 3. The summed E-state index contributed by atoms with van der Waals surface area (Å²) in [5, 5.41) is 5.43. The van der Waals surface area contributed by atoms with Crippen molar-refractivity contribution < 1.29 is 13.9 Å². The first kappa shape index (κ1) is 13.9. The molecule has 4 nitrogen and oxygen atoms in total. The Morgan fingerprint density at radius 3 is 2.50 bits per heavy atom. The number of nitrogens with one attached hydrogen (secondary N) is 2. The molecule has 0 spiro atoms. The lowest BCUT2D eigenvalue weighted by Gasteiger charge is -2.08. The molecule has 2 aromatic carbocycles. The highest BCUT2D eigenvalue weighted by atomic mass is 19.1. The number of carbonyl (C=O) groups excluding carboxylic acids is 1.